The van der Waals surface area contributed by atoms with E-state index in [9.17, 15) is 9.59 Å². The van der Waals surface area contributed by atoms with Crippen LogP contribution in [0.3, 0.4) is 0 Å². The van der Waals surface area contributed by atoms with Crippen molar-refractivity contribution in [2.24, 2.45) is 5.92 Å². The zero-order valence-electron chi connectivity index (χ0n) is 17.5. The van der Waals surface area contributed by atoms with Crippen LogP contribution in [0.4, 0.5) is 0 Å². The number of methoxy groups -OCH3 is 1. The van der Waals surface area contributed by atoms with Crippen LogP contribution in [-0.4, -0.2) is 71.3 Å². The van der Waals surface area contributed by atoms with Crippen LogP contribution in [0.2, 0.25) is 0 Å². The molecule has 2 amide bonds. The van der Waals surface area contributed by atoms with Gasteiger partial charge < -0.3 is 14.5 Å². The van der Waals surface area contributed by atoms with Gasteiger partial charge >= 0.3 is 0 Å². The van der Waals surface area contributed by atoms with Crippen molar-refractivity contribution in [1.82, 2.24) is 19.7 Å². The van der Waals surface area contributed by atoms with Crippen molar-refractivity contribution in [3.63, 3.8) is 0 Å². The van der Waals surface area contributed by atoms with E-state index in [4.69, 9.17) is 4.74 Å². The highest BCUT2D eigenvalue weighted by molar-refractivity contribution is 5.89. The summed E-state index contributed by atoms with van der Waals surface area (Å²) >= 11 is 0. The predicted octanol–water partition coefficient (Wildman–Crippen LogP) is 1.78. The third-order valence-electron chi connectivity index (χ3n) is 6.14. The Morgan fingerprint density at radius 1 is 1.13 bits per heavy atom. The zero-order valence-corrected chi connectivity index (χ0v) is 17.5. The molecule has 0 radical (unpaired) electrons. The molecule has 0 saturated carbocycles. The number of amides is 2. The SMILES string of the molecule is COc1cccc(CN2CC[C@@H]3[C@H](C2)C(=O)N(Cc2cccnc2)CC(=O)N3C)c1. The van der Waals surface area contributed by atoms with Gasteiger partial charge in [0.2, 0.25) is 11.8 Å². The Morgan fingerprint density at radius 3 is 2.73 bits per heavy atom. The van der Waals surface area contributed by atoms with Crippen LogP contribution < -0.4 is 4.74 Å². The summed E-state index contributed by atoms with van der Waals surface area (Å²) in [5.74, 6) is 0.663. The van der Waals surface area contributed by atoms with Gasteiger partial charge in [-0.05, 0) is 35.7 Å². The normalized spacial score (nSPS) is 22.6. The molecule has 158 valence electrons. The van der Waals surface area contributed by atoms with Gasteiger partial charge in [-0.15, -0.1) is 0 Å². The molecule has 0 bridgehead atoms. The summed E-state index contributed by atoms with van der Waals surface area (Å²) in [5, 5.41) is 0. The fourth-order valence-corrected chi connectivity index (χ4v) is 4.50. The molecule has 2 aliphatic rings. The van der Waals surface area contributed by atoms with Crippen molar-refractivity contribution in [2.45, 2.75) is 25.6 Å². The molecule has 30 heavy (non-hydrogen) atoms. The van der Waals surface area contributed by atoms with Gasteiger partial charge in [0.15, 0.2) is 0 Å². The van der Waals surface area contributed by atoms with Crippen LogP contribution in [0.1, 0.15) is 17.5 Å². The van der Waals surface area contributed by atoms with E-state index in [2.05, 4.69) is 16.0 Å². The maximum Gasteiger partial charge on any atom is 0.242 e. The minimum absolute atomic E-state index is 0.000913. The number of likely N-dealkylation sites (N-methyl/N-ethyl adjacent to an activating group) is 1. The maximum atomic E-state index is 13.5. The summed E-state index contributed by atoms with van der Waals surface area (Å²) in [7, 11) is 3.50. The number of pyridine rings is 1. The van der Waals surface area contributed by atoms with Crippen LogP contribution in [-0.2, 0) is 22.7 Å². The molecule has 1 aromatic carbocycles. The van der Waals surface area contributed by atoms with Gasteiger partial charge in [-0.3, -0.25) is 19.5 Å². The lowest BCUT2D eigenvalue weighted by Crippen LogP contribution is -2.53. The summed E-state index contributed by atoms with van der Waals surface area (Å²) in [6.07, 6.45) is 4.25. The summed E-state index contributed by atoms with van der Waals surface area (Å²) in [6.45, 7) is 2.78. The first-order chi connectivity index (χ1) is 14.5. The fraction of sp³-hybridized carbons (Fsp3) is 0.435. The van der Waals surface area contributed by atoms with Crippen LogP contribution in [0.25, 0.3) is 0 Å². The molecule has 0 spiro atoms. The predicted molar refractivity (Wildman–Crippen MR) is 113 cm³/mol. The molecule has 2 aliphatic heterocycles. The van der Waals surface area contributed by atoms with Gasteiger partial charge in [0.1, 0.15) is 12.3 Å². The molecule has 1 aromatic heterocycles. The summed E-state index contributed by atoms with van der Waals surface area (Å²) in [5.41, 5.74) is 2.09. The number of fused-ring (bicyclic) bond motifs is 1. The largest absolute Gasteiger partial charge is 0.497 e. The molecule has 2 atom stereocenters. The van der Waals surface area contributed by atoms with E-state index in [1.54, 1.807) is 29.3 Å². The molecule has 0 aliphatic carbocycles. The fourth-order valence-electron chi connectivity index (χ4n) is 4.50. The zero-order chi connectivity index (χ0) is 21.1. The van der Waals surface area contributed by atoms with E-state index in [0.29, 0.717) is 13.1 Å². The van der Waals surface area contributed by atoms with Crippen molar-refractivity contribution in [1.29, 1.82) is 0 Å². The molecule has 7 heteroatoms. The third-order valence-corrected chi connectivity index (χ3v) is 6.14. The second-order valence-electron chi connectivity index (χ2n) is 8.11. The average Bonchev–Trinajstić information content (AvgIpc) is 2.85. The van der Waals surface area contributed by atoms with E-state index in [1.165, 1.54) is 0 Å². The van der Waals surface area contributed by atoms with Gasteiger partial charge in [-0.25, -0.2) is 0 Å². The number of hydrogen-bond donors (Lipinski definition) is 0. The number of carbonyl (C=O) groups is 2. The topological polar surface area (TPSA) is 66.0 Å². The number of likely N-dealkylation sites (tertiary alicyclic amines) is 1. The summed E-state index contributed by atoms with van der Waals surface area (Å²) < 4.78 is 5.33. The first kappa shape index (κ1) is 20.3. The number of benzene rings is 1. The molecule has 2 fully saturated rings. The molecule has 3 heterocycles. The molecule has 0 unspecified atom stereocenters. The van der Waals surface area contributed by atoms with Gasteiger partial charge in [-0.1, -0.05) is 18.2 Å². The third kappa shape index (κ3) is 4.31. The highest BCUT2D eigenvalue weighted by Crippen LogP contribution is 2.28. The van der Waals surface area contributed by atoms with Crippen LogP contribution in [0, 0.1) is 5.92 Å². The quantitative estimate of drug-likeness (QED) is 0.755. The second-order valence-corrected chi connectivity index (χ2v) is 8.11. The number of rotatable bonds is 5. The van der Waals surface area contributed by atoms with Crippen LogP contribution in [0.15, 0.2) is 48.8 Å². The highest BCUT2D eigenvalue weighted by Gasteiger charge is 2.43. The Hall–Kier alpha value is -2.93. The van der Waals surface area contributed by atoms with Gasteiger partial charge in [0.25, 0.3) is 0 Å². The lowest BCUT2D eigenvalue weighted by molar-refractivity contribution is -0.138. The average molecular weight is 409 g/mol. The Kier molecular flexibility index (Phi) is 5.99. The van der Waals surface area contributed by atoms with Crippen molar-refractivity contribution >= 4 is 11.8 Å². The van der Waals surface area contributed by atoms with E-state index in [0.717, 1.165) is 36.4 Å². The lowest BCUT2D eigenvalue weighted by Gasteiger charge is -2.40. The second kappa shape index (κ2) is 8.83. The summed E-state index contributed by atoms with van der Waals surface area (Å²) in [6, 6.07) is 11.8. The highest BCUT2D eigenvalue weighted by atomic mass is 16.5. The number of ether oxygens (including phenoxy) is 1. The Balaban J connectivity index is 1.51. The standard InChI is InChI=1S/C23H28N4O3/c1-25-21-8-10-26(13-17-5-3-7-19(11-17)30-2)15-20(21)23(29)27(16-22(25)28)14-18-6-4-9-24-12-18/h3-7,9,11-12,20-21H,8,10,13-16H2,1-2H3/t20-,21+/m0/s1. The van der Waals surface area contributed by atoms with Crippen molar-refractivity contribution in [3.8, 4) is 5.75 Å². The van der Waals surface area contributed by atoms with E-state index in [-0.39, 0.29) is 30.3 Å². The Labute approximate surface area is 177 Å². The van der Waals surface area contributed by atoms with Crippen molar-refractivity contribution < 1.29 is 14.3 Å². The van der Waals surface area contributed by atoms with E-state index >= 15 is 0 Å². The van der Waals surface area contributed by atoms with Gasteiger partial charge in [0.05, 0.1) is 13.0 Å². The van der Waals surface area contributed by atoms with E-state index in [1.807, 2.05) is 37.4 Å². The van der Waals surface area contributed by atoms with Gasteiger partial charge in [-0.2, -0.15) is 0 Å². The number of hydrogen-bond acceptors (Lipinski definition) is 5. The maximum absolute atomic E-state index is 13.5. The van der Waals surface area contributed by atoms with Crippen LogP contribution >= 0.6 is 0 Å². The Morgan fingerprint density at radius 2 is 1.97 bits per heavy atom. The molecule has 2 aromatic rings. The number of carbonyl (C=O) groups excluding carboxylic acids is 2. The van der Waals surface area contributed by atoms with Gasteiger partial charge in [0, 0.05) is 51.7 Å². The minimum Gasteiger partial charge on any atom is -0.497 e. The van der Waals surface area contributed by atoms with Crippen molar-refractivity contribution in [2.75, 3.05) is 33.8 Å². The number of piperidine rings is 1. The van der Waals surface area contributed by atoms with E-state index < -0.39 is 0 Å². The smallest absolute Gasteiger partial charge is 0.242 e. The molecular formula is C23H28N4O3. The molecule has 7 nitrogen and oxygen atoms in total. The monoisotopic (exact) mass is 408 g/mol. The van der Waals surface area contributed by atoms with Crippen molar-refractivity contribution in [3.05, 3.63) is 59.9 Å². The molecule has 4 rings (SSSR count). The first-order valence-electron chi connectivity index (χ1n) is 10.3. The number of aromatic nitrogens is 1. The molecule has 2 saturated heterocycles. The number of nitrogens with zero attached hydrogens (tertiary/aromatic N) is 4. The first-order valence-corrected chi connectivity index (χ1v) is 10.3. The van der Waals surface area contributed by atoms with Crippen LogP contribution in [0.5, 0.6) is 5.75 Å². The molecule has 0 N–H and O–H groups in total. The molecular weight excluding hydrogens is 380 g/mol. The summed E-state index contributed by atoms with van der Waals surface area (Å²) in [4.78, 5) is 36.1. The lowest BCUT2D eigenvalue weighted by atomic mass is 9.90. The Bertz CT molecular complexity index is 904. The minimum atomic E-state index is -0.225.